The minimum atomic E-state index is -0.0839. The van der Waals surface area contributed by atoms with Gasteiger partial charge in [0.1, 0.15) is 5.75 Å². The van der Waals surface area contributed by atoms with E-state index in [1.165, 1.54) is 11.1 Å². The van der Waals surface area contributed by atoms with Crippen molar-refractivity contribution in [3.63, 3.8) is 0 Å². The molecule has 0 bridgehead atoms. The molecule has 0 unspecified atom stereocenters. The van der Waals surface area contributed by atoms with Crippen molar-refractivity contribution in [1.29, 1.82) is 0 Å². The molecule has 2 aromatic carbocycles. The van der Waals surface area contributed by atoms with Gasteiger partial charge in [-0.05, 0) is 93.9 Å². The van der Waals surface area contributed by atoms with Crippen LogP contribution in [0.15, 0.2) is 54.6 Å². The highest BCUT2D eigenvalue weighted by Crippen LogP contribution is 2.39. The predicted octanol–water partition coefficient (Wildman–Crippen LogP) is 7.10. The maximum atomic E-state index is 13.0. The van der Waals surface area contributed by atoms with Gasteiger partial charge in [-0.3, -0.25) is 4.79 Å². The highest BCUT2D eigenvalue weighted by atomic mass is 16.5. The number of ether oxygens (including phenoxy) is 2. The zero-order valence-corrected chi connectivity index (χ0v) is 22.6. The third kappa shape index (κ3) is 8.38. The van der Waals surface area contributed by atoms with Crippen molar-refractivity contribution in [3.05, 3.63) is 65.7 Å². The molecule has 35 heavy (non-hydrogen) atoms. The van der Waals surface area contributed by atoms with Crippen LogP contribution >= 0.6 is 0 Å². The Kier molecular flexibility index (Phi) is 9.80. The summed E-state index contributed by atoms with van der Waals surface area (Å²) >= 11 is 0. The van der Waals surface area contributed by atoms with Crippen LogP contribution in [0.5, 0.6) is 5.75 Å². The number of nitrogens with one attached hydrogen (secondary N) is 1. The summed E-state index contributed by atoms with van der Waals surface area (Å²) in [5.74, 6) is 2.55. The molecule has 3 atom stereocenters. The maximum absolute atomic E-state index is 13.0. The number of carbonyl (C=O) groups is 1. The van der Waals surface area contributed by atoms with Crippen LogP contribution in [-0.2, 0) is 9.53 Å². The Labute approximate surface area is 212 Å². The minimum Gasteiger partial charge on any atom is -0.491 e. The van der Waals surface area contributed by atoms with Crippen molar-refractivity contribution in [2.75, 3.05) is 13.2 Å². The maximum Gasteiger partial charge on any atom is 0.220 e. The lowest BCUT2D eigenvalue weighted by Crippen LogP contribution is -2.37. The Balaban J connectivity index is 1.60. The average molecular weight is 480 g/mol. The summed E-state index contributed by atoms with van der Waals surface area (Å²) in [5, 5.41) is 3.24. The van der Waals surface area contributed by atoms with E-state index in [4.69, 9.17) is 9.47 Å². The smallest absolute Gasteiger partial charge is 0.220 e. The van der Waals surface area contributed by atoms with Gasteiger partial charge in [0, 0.05) is 19.6 Å². The Hall–Kier alpha value is -2.33. The number of benzene rings is 2. The van der Waals surface area contributed by atoms with E-state index in [1.54, 1.807) is 0 Å². The van der Waals surface area contributed by atoms with E-state index in [0.717, 1.165) is 31.6 Å². The molecular formula is C31H45NO3. The molecule has 192 valence electrons. The molecule has 1 heterocycles. The fraction of sp³-hybridized carbons (Fsp3) is 0.581. The number of hydrogen-bond acceptors (Lipinski definition) is 3. The first-order valence-corrected chi connectivity index (χ1v) is 13.4. The van der Waals surface area contributed by atoms with Gasteiger partial charge in [-0.15, -0.1) is 0 Å². The quantitative estimate of drug-likeness (QED) is 0.374. The first kappa shape index (κ1) is 27.3. The monoisotopic (exact) mass is 479 g/mol. The lowest BCUT2D eigenvalue weighted by atomic mass is 9.75. The summed E-state index contributed by atoms with van der Waals surface area (Å²) in [5.41, 5.74) is 2.48. The third-order valence-corrected chi connectivity index (χ3v) is 7.20. The molecule has 0 radical (unpaired) electrons. The van der Waals surface area contributed by atoms with Crippen molar-refractivity contribution in [2.45, 2.75) is 90.8 Å². The molecule has 1 amide bonds. The Bertz CT molecular complexity index is 905. The normalized spacial score (nSPS) is 19.4. The Morgan fingerprint density at radius 2 is 1.71 bits per heavy atom. The molecule has 0 saturated carbocycles. The Morgan fingerprint density at radius 1 is 1.03 bits per heavy atom. The number of rotatable bonds is 11. The van der Waals surface area contributed by atoms with Crippen LogP contribution in [0.1, 0.15) is 90.2 Å². The second kappa shape index (κ2) is 12.6. The molecular weight excluding hydrogens is 434 g/mol. The molecule has 0 spiro atoms. The molecule has 0 aromatic heterocycles. The zero-order chi connectivity index (χ0) is 25.4. The number of hydrogen-bond donors (Lipinski definition) is 1. The van der Waals surface area contributed by atoms with Gasteiger partial charge < -0.3 is 14.8 Å². The fourth-order valence-electron chi connectivity index (χ4n) is 5.44. The first-order chi connectivity index (χ1) is 16.6. The van der Waals surface area contributed by atoms with Gasteiger partial charge >= 0.3 is 0 Å². The molecule has 4 nitrogen and oxygen atoms in total. The molecule has 1 aliphatic heterocycles. The van der Waals surface area contributed by atoms with Crippen LogP contribution in [0, 0.1) is 11.8 Å². The minimum absolute atomic E-state index is 0.0839. The highest BCUT2D eigenvalue weighted by molar-refractivity contribution is 5.76. The van der Waals surface area contributed by atoms with Crippen molar-refractivity contribution >= 4 is 5.91 Å². The summed E-state index contributed by atoms with van der Waals surface area (Å²) in [4.78, 5) is 13.0. The SMILES string of the molecule is CC(C)Oc1ccc([C@@H](CC(=O)NCC[C@@H](c2ccccc2)[C@H]2CCOC(C)(C)C2)C(C)C)cc1. The van der Waals surface area contributed by atoms with E-state index < -0.39 is 0 Å². The number of amides is 1. The van der Waals surface area contributed by atoms with Gasteiger partial charge in [0.2, 0.25) is 5.91 Å². The predicted molar refractivity (Wildman–Crippen MR) is 144 cm³/mol. The lowest BCUT2D eigenvalue weighted by Gasteiger charge is -2.39. The molecule has 4 heteroatoms. The van der Waals surface area contributed by atoms with Gasteiger partial charge in [-0.1, -0.05) is 56.3 Å². The topological polar surface area (TPSA) is 47.6 Å². The van der Waals surface area contributed by atoms with Crippen LogP contribution < -0.4 is 10.1 Å². The van der Waals surface area contributed by atoms with Gasteiger partial charge in [-0.2, -0.15) is 0 Å². The molecule has 1 saturated heterocycles. The van der Waals surface area contributed by atoms with Crippen molar-refractivity contribution in [3.8, 4) is 5.75 Å². The lowest BCUT2D eigenvalue weighted by molar-refractivity contribution is -0.121. The summed E-state index contributed by atoms with van der Waals surface area (Å²) in [7, 11) is 0. The van der Waals surface area contributed by atoms with E-state index in [0.29, 0.717) is 30.7 Å². The fourth-order valence-corrected chi connectivity index (χ4v) is 5.44. The van der Waals surface area contributed by atoms with Gasteiger partial charge in [0.15, 0.2) is 0 Å². The molecule has 1 aliphatic rings. The second-order valence-electron chi connectivity index (χ2n) is 11.3. The van der Waals surface area contributed by atoms with Crippen molar-refractivity contribution < 1.29 is 14.3 Å². The van der Waals surface area contributed by atoms with Crippen LogP contribution in [0.4, 0.5) is 0 Å². The standard InChI is InChI=1S/C31H45NO3/c1-22(2)29(25-12-14-27(15-13-25)35-23(3)4)20-30(33)32-18-16-28(24-10-8-7-9-11-24)26-17-19-34-31(5,6)21-26/h7-15,22-23,26,28-29H,16-21H2,1-6H3,(H,32,33)/t26-,28-,29-/m0/s1. The van der Waals surface area contributed by atoms with Gasteiger partial charge in [0.05, 0.1) is 11.7 Å². The van der Waals surface area contributed by atoms with Crippen LogP contribution in [0.25, 0.3) is 0 Å². The summed E-state index contributed by atoms with van der Waals surface area (Å²) < 4.78 is 11.8. The molecule has 1 N–H and O–H groups in total. The van der Waals surface area contributed by atoms with Crippen LogP contribution in [0.3, 0.4) is 0 Å². The second-order valence-corrected chi connectivity index (χ2v) is 11.3. The van der Waals surface area contributed by atoms with E-state index >= 15 is 0 Å². The molecule has 0 aliphatic carbocycles. The zero-order valence-electron chi connectivity index (χ0n) is 22.6. The van der Waals surface area contributed by atoms with Crippen molar-refractivity contribution in [1.82, 2.24) is 5.32 Å². The van der Waals surface area contributed by atoms with E-state index in [1.807, 2.05) is 26.0 Å². The van der Waals surface area contributed by atoms with E-state index in [2.05, 4.69) is 75.5 Å². The largest absolute Gasteiger partial charge is 0.491 e. The van der Waals surface area contributed by atoms with Crippen LogP contribution in [-0.4, -0.2) is 30.8 Å². The summed E-state index contributed by atoms with van der Waals surface area (Å²) in [6.07, 6.45) is 3.72. The first-order valence-electron chi connectivity index (χ1n) is 13.4. The molecule has 2 aromatic rings. The highest BCUT2D eigenvalue weighted by Gasteiger charge is 2.34. The van der Waals surface area contributed by atoms with Crippen molar-refractivity contribution in [2.24, 2.45) is 11.8 Å². The third-order valence-electron chi connectivity index (χ3n) is 7.20. The summed E-state index contributed by atoms with van der Waals surface area (Å²) in [6, 6.07) is 19.0. The van der Waals surface area contributed by atoms with Gasteiger partial charge in [-0.25, -0.2) is 0 Å². The van der Waals surface area contributed by atoms with Crippen LogP contribution in [0.2, 0.25) is 0 Å². The van der Waals surface area contributed by atoms with E-state index in [9.17, 15) is 4.79 Å². The molecule has 3 rings (SSSR count). The summed E-state index contributed by atoms with van der Waals surface area (Å²) in [6.45, 7) is 14.3. The number of carbonyl (C=O) groups excluding carboxylic acids is 1. The average Bonchev–Trinajstić information content (AvgIpc) is 2.80. The Morgan fingerprint density at radius 3 is 2.31 bits per heavy atom. The van der Waals surface area contributed by atoms with Gasteiger partial charge in [0.25, 0.3) is 0 Å². The van der Waals surface area contributed by atoms with E-state index in [-0.39, 0.29) is 23.5 Å². The molecule has 1 fully saturated rings.